The van der Waals surface area contributed by atoms with E-state index in [-0.39, 0.29) is 23.8 Å². The normalized spacial score (nSPS) is 27.3. The van der Waals surface area contributed by atoms with Gasteiger partial charge in [0.15, 0.2) is 0 Å². The molecule has 1 saturated carbocycles. The van der Waals surface area contributed by atoms with Crippen molar-refractivity contribution in [3.05, 3.63) is 29.6 Å². The standard InChI is InChI=1S/C18H23N3O2/c1-12-6-7-19-8-16(12)18(23)20-10-14-4-5-15(11-20)21(17(14)22)9-13-2-3-13/h6-8,13-15H,2-5,9-11H2,1H3/t14-,15+/m0/s1. The van der Waals surface area contributed by atoms with Gasteiger partial charge >= 0.3 is 0 Å². The number of aryl methyl sites for hydroxylation is 1. The molecule has 5 rings (SSSR count). The van der Waals surface area contributed by atoms with Crippen molar-refractivity contribution >= 4 is 11.8 Å². The number of aromatic nitrogens is 1. The molecule has 5 heteroatoms. The SMILES string of the molecule is Cc1ccncc1C(=O)N1C[C@@H]2CC[C@H](C1)N(CC1CC1)C2=O. The lowest BCUT2D eigenvalue weighted by molar-refractivity contribution is -0.140. The summed E-state index contributed by atoms with van der Waals surface area (Å²) in [7, 11) is 0. The fraction of sp³-hybridized carbons (Fsp3) is 0.611. The van der Waals surface area contributed by atoms with E-state index in [4.69, 9.17) is 0 Å². The number of carbonyl (C=O) groups excluding carboxylic acids is 2. The summed E-state index contributed by atoms with van der Waals surface area (Å²) in [5, 5.41) is 0. The number of hydrogen-bond donors (Lipinski definition) is 0. The van der Waals surface area contributed by atoms with Crippen molar-refractivity contribution in [3.8, 4) is 0 Å². The minimum Gasteiger partial charge on any atom is -0.337 e. The predicted octanol–water partition coefficient (Wildman–Crippen LogP) is 1.86. The number of pyridine rings is 1. The minimum absolute atomic E-state index is 0.0200. The van der Waals surface area contributed by atoms with Gasteiger partial charge in [-0.25, -0.2) is 0 Å². The monoisotopic (exact) mass is 313 g/mol. The highest BCUT2D eigenvalue weighted by atomic mass is 16.2. The second kappa shape index (κ2) is 5.62. The van der Waals surface area contributed by atoms with Crippen LogP contribution in [0.25, 0.3) is 0 Å². The number of nitrogens with zero attached hydrogens (tertiary/aromatic N) is 3. The highest BCUT2D eigenvalue weighted by molar-refractivity contribution is 5.96. The number of fused-ring (bicyclic) bond motifs is 4. The summed E-state index contributed by atoms with van der Waals surface area (Å²) in [4.78, 5) is 33.7. The maximum absolute atomic E-state index is 12.9. The van der Waals surface area contributed by atoms with Gasteiger partial charge in [0.05, 0.1) is 11.5 Å². The van der Waals surface area contributed by atoms with Crippen LogP contribution in [0.5, 0.6) is 0 Å². The number of hydrogen-bond acceptors (Lipinski definition) is 3. The highest BCUT2D eigenvalue weighted by Crippen LogP contribution is 2.35. The lowest BCUT2D eigenvalue weighted by Crippen LogP contribution is -2.48. The van der Waals surface area contributed by atoms with Gasteiger partial charge in [0, 0.05) is 38.1 Å². The Labute approximate surface area is 136 Å². The molecule has 1 aromatic rings. The van der Waals surface area contributed by atoms with Crippen molar-refractivity contribution in [1.29, 1.82) is 0 Å². The average Bonchev–Trinajstić information content (AvgIpc) is 3.38. The molecule has 0 spiro atoms. The minimum atomic E-state index is -0.0200. The topological polar surface area (TPSA) is 53.5 Å². The maximum Gasteiger partial charge on any atom is 0.255 e. The quantitative estimate of drug-likeness (QED) is 0.856. The third-order valence-corrected chi connectivity index (χ3v) is 5.50. The Bertz CT molecular complexity index is 641. The van der Waals surface area contributed by atoms with Gasteiger partial charge in [-0.15, -0.1) is 0 Å². The zero-order valence-electron chi connectivity index (χ0n) is 13.6. The zero-order valence-corrected chi connectivity index (χ0v) is 13.6. The van der Waals surface area contributed by atoms with Crippen LogP contribution < -0.4 is 0 Å². The third kappa shape index (κ3) is 2.73. The summed E-state index contributed by atoms with van der Waals surface area (Å²) in [6.07, 6.45) is 7.80. The van der Waals surface area contributed by atoms with Crippen LogP contribution in [-0.4, -0.2) is 52.3 Å². The van der Waals surface area contributed by atoms with Crippen molar-refractivity contribution in [1.82, 2.24) is 14.8 Å². The molecule has 2 amide bonds. The first-order chi connectivity index (χ1) is 11.1. The third-order valence-electron chi connectivity index (χ3n) is 5.50. The zero-order chi connectivity index (χ0) is 16.0. The first-order valence-corrected chi connectivity index (χ1v) is 8.64. The molecule has 1 aliphatic carbocycles. The van der Waals surface area contributed by atoms with Gasteiger partial charge in [0.2, 0.25) is 5.91 Å². The van der Waals surface area contributed by atoms with E-state index in [1.54, 1.807) is 12.4 Å². The van der Waals surface area contributed by atoms with Crippen LogP contribution in [-0.2, 0) is 4.79 Å². The summed E-state index contributed by atoms with van der Waals surface area (Å²) >= 11 is 0. The lowest BCUT2D eigenvalue weighted by atomic mass is 9.94. The van der Waals surface area contributed by atoms with Crippen molar-refractivity contribution < 1.29 is 9.59 Å². The van der Waals surface area contributed by atoms with Crippen molar-refractivity contribution in [2.24, 2.45) is 11.8 Å². The summed E-state index contributed by atoms with van der Waals surface area (Å²) in [6.45, 7) is 4.06. The van der Waals surface area contributed by atoms with E-state index in [0.717, 1.165) is 24.9 Å². The van der Waals surface area contributed by atoms with Gasteiger partial charge in [-0.05, 0) is 50.2 Å². The van der Waals surface area contributed by atoms with Crippen LogP contribution >= 0.6 is 0 Å². The highest BCUT2D eigenvalue weighted by Gasteiger charge is 2.43. The van der Waals surface area contributed by atoms with Crippen molar-refractivity contribution in [3.63, 3.8) is 0 Å². The number of piperidine rings is 1. The molecule has 0 radical (unpaired) electrons. The van der Waals surface area contributed by atoms with Crippen LogP contribution in [0.15, 0.2) is 18.5 Å². The molecule has 1 aromatic heterocycles. The van der Waals surface area contributed by atoms with Crippen LogP contribution in [0.3, 0.4) is 0 Å². The Morgan fingerprint density at radius 3 is 2.83 bits per heavy atom. The molecule has 2 bridgehead atoms. The van der Waals surface area contributed by atoms with E-state index in [1.807, 2.05) is 17.9 Å². The summed E-state index contributed by atoms with van der Waals surface area (Å²) < 4.78 is 0. The second-order valence-corrected chi connectivity index (χ2v) is 7.26. The molecular formula is C18H23N3O2. The second-order valence-electron chi connectivity index (χ2n) is 7.26. The summed E-state index contributed by atoms with van der Waals surface area (Å²) in [5.41, 5.74) is 1.61. The summed E-state index contributed by atoms with van der Waals surface area (Å²) in [5.74, 6) is 0.969. The molecule has 0 aromatic carbocycles. The Kier molecular flexibility index (Phi) is 3.58. The van der Waals surface area contributed by atoms with E-state index in [2.05, 4.69) is 9.88 Å². The van der Waals surface area contributed by atoms with Gasteiger partial charge < -0.3 is 9.80 Å². The molecule has 0 unspecified atom stereocenters. The maximum atomic E-state index is 12.9. The Hall–Kier alpha value is -1.91. The number of rotatable bonds is 3. The van der Waals surface area contributed by atoms with Crippen LogP contribution in [0, 0.1) is 18.8 Å². The lowest BCUT2D eigenvalue weighted by Gasteiger charge is -2.36. The van der Waals surface area contributed by atoms with Gasteiger partial charge in [0.25, 0.3) is 5.91 Å². The van der Waals surface area contributed by atoms with E-state index < -0.39 is 0 Å². The van der Waals surface area contributed by atoms with E-state index in [1.165, 1.54) is 12.8 Å². The number of carbonyl (C=O) groups is 2. The molecule has 4 fully saturated rings. The Balaban J connectivity index is 1.56. The molecule has 0 N–H and O–H groups in total. The van der Waals surface area contributed by atoms with Gasteiger partial charge in [-0.2, -0.15) is 0 Å². The molecule has 3 saturated heterocycles. The smallest absolute Gasteiger partial charge is 0.255 e. The fourth-order valence-electron chi connectivity index (χ4n) is 3.88. The van der Waals surface area contributed by atoms with Crippen molar-refractivity contribution in [2.45, 2.75) is 38.6 Å². The molecule has 5 nitrogen and oxygen atoms in total. The Morgan fingerprint density at radius 1 is 1.26 bits per heavy atom. The van der Waals surface area contributed by atoms with Gasteiger partial charge in [-0.1, -0.05) is 0 Å². The van der Waals surface area contributed by atoms with E-state index in [0.29, 0.717) is 24.6 Å². The molecule has 122 valence electrons. The van der Waals surface area contributed by atoms with Gasteiger partial charge in [-0.3, -0.25) is 14.6 Å². The molecule has 4 aliphatic rings. The van der Waals surface area contributed by atoms with Crippen LogP contribution in [0.4, 0.5) is 0 Å². The molecule has 2 atom stereocenters. The Morgan fingerprint density at radius 2 is 2.09 bits per heavy atom. The first-order valence-electron chi connectivity index (χ1n) is 8.64. The molecule has 3 aliphatic heterocycles. The van der Waals surface area contributed by atoms with E-state index >= 15 is 0 Å². The predicted molar refractivity (Wildman–Crippen MR) is 85.8 cm³/mol. The fourth-order valence-corrected chi connectivity index (χ4v) is 3.88. The van der Waals surface area contributed by atoms with Crippen molar-refractivity contribution in [2.75, 3.05) is 19.6 Å². The summed E-state index contributed by atoms with van der Waals surface area (Å²) in [6, 6.07) is 2.06. The van der Waals surface area contributed by atoms with Crippen LogP contribution in [0.1, 0.15) is 41.6 Å². The van der Waals surface area contributed by atoms with E-state index in [9.17, 15) is 9.59 Å². The largest absolute Gasteiger partial charge is 0.337 e. The van der Waals surface area contributed by atoms with Gasteiger partial charge in [0.1, 0.15) is 0 Å². The molecule has 23 heavy (non-hydrogen) atoms. The average molecular weight is 313 g/mol. The van der Waals surface area contributed by atoms with Crippen LogP contribution in [0.2, 0.25) is 0 Å². The molecular weight excluding hydrogens is 290 g/mol. The number of amides is 2. The first kappa shape index (κ1) is 14.7. The molecule has 4 heterocycles.